The molecule has 2 aliphatic rings. The van der Waals surface area contributed by atoms with E-state index >= 15 is 0 Å². The van der Waals surface area contributed by atoms with Gasteiger partial charge in [-0.05, 0) is 109 Å². The molecule has 0 saturated heterocycles. The number of hydrogen-bond acceptors (Lipinski definition) is 10. The number of alkyl halides is 1. The number of nitrogens with zero attached hydrogens (tertiary/aromatic N) is 6. The van der Waals surface area contributed by atoms with Crippen molar-refractivity contribution in [3.05, 3.63) is 153 Å². The van der Waals surface area contributed by atoms with Gasteiger partial charge in [0, 0.05) is 25.2 Å². The summed E-state index contributed by atoms with van der Waals surface area (Å²) in [6.45, 7) is 0.174. The van der Waals surface area contributed by atoms with Gasteiger partial charge >= 0.3 is 11.9 Å². The lowest BCUT2D eigenvalue weighted by atomic mass is 9.90. The maximum absolute atomic E-state index is 14.8. The fourth-order valence-electron chi connectivity index (χ4n) is 7.97. The number of fused-ring (bicyclic) bond motifs is 2. The number of aromatic hydroxyl groups is 1. The standard InChI is InChI=1S/C24H26FN3O3.C13H15N3O3.C11H12ClF.CH4/c1-28-15-26-27-24(28)21(13-22(29)30-2)17-9-11-19(12-10-17)31-14-18-8-7-16-5-3-4-6-20(16)23(18)25;1-16-8-14-15-13(16)11(7-12(18)19-2)9-3-5-10(17)6-4-9;12-7-9-6-5-8-3-1-2-4-10(8)11(9)13;/h7-12,15,21H,3-6,13-14H2,1-2H3;3-6,8,11,17H,7H2,1-2H3;5-6H,1-4,7H2;1H4/t21-;11-;;/m00../s1. The van der Waals surface area contributed by atoms with Crippen LogP contribution in [0.1, 0.15) is 114 Å². The second kappa shape index (κ2) is 23.5. The van der Waals surface area contributed by atoms with Crippen molar-refractivity contribution in [1.82, 2.24) is 29.5 Å². The van der Waals surface area contributed by atoms with Gasteiger partial charge in [-0.3, -0.25) is 9.59 Å². The fraction of sp³-hybridized carbons (Fsp3) is 0.388. The van der Waals surface area contributed by atoms with Crippen LogP contribution < -0.4 is 4.74 Å². The first-order chi connectivity index (χ1) is 30.5. The zero-order valence-corrected chi connectivity index (χ0v) is 36.8. The Hall–Kier alpha value is -6.15. The molecule has 0 amide bonds. The molecule has 8 rings (SSSR count). The van der Waals surface area contributed by atoms with Gasteiger partial charge in [0.15, 0.2) is 0 Å². The Morgan fingerprint density at radius 1 is 0.672 bits per heavy atom. The molecule has 0 fully saturated rings. The maximum atomic E-state index is 14.8. The third-order valence-corrected chi connectivity index (χ3v) is 11.8. The predicted molar refractivity (Wildman–Crippen MR) is 240 cm³/mol. The molecule has 15 heteroatoms. The van der Waals surface area contributed by atoms with Gasteiger partial charge < -0.3 is 28.5 Å². The highest BCUT2D eigenvalue weighted by Crippen LogP contribution is 2.31. The molecule has 0 bridgehead atoms. The van der Waals surface area contributed by atoms with Crippen molar-refractivity contribution in [2.75, 3.05) is 14.2 Å². The third kappa shape index (κ3) is 12.3. The molecule has 64 heavy (non-hydrogen) atoms. The summed E-state index contributed by atoms with van der Waals surface area (Å²) in [7, 11) is 6.38. The quantitative estimate of drug-likeness (QED) is 0.0933. The number of carbonyl (C=O) groups excluding carboxylic acids is 2. The lowest BCUT2D eigenvalue weighted by Crippen LogP contribution is -2.14. The minimum atomic E-state index is -0.323. The van der Waals surface area contributed by atoms with Crippen LogP contribution in [-0.2, 0) is 71.3 Å². The maximum Gasteiger partial charge on any atom is 0.306 e. The van der Waals surface area contributed by atoms with E-state index < -0.39 is 0 Å². The number of aromatic nitrogens is 6. The van der Waals surface area contributed by atoms with Crippen LogP contribution in [0.5, 0.6) is 11.5 Å². The molecule has 2 atom stereocenters. The van der Waals surface area contributed by atoms with Crippen molar-refractivity contribution < 1.29 is 37.7 Å². The van der Waals surface area contributed by atoms with Gasteiger partial charge in [0.1, 0.15) is 54.0 Å². The van der Waals surface area contributed by atoms with Crippen molar-refractivity contribution >= 4 is 23.5 Å². The zero-order chi connectivity index (χ0) is 44.9. The van der Waals surface area contributed by atoms with Gasteiger partial charge in [-0.1, -0.05) is 56.0 Å². The van der Waals surface area contributed by atoms with Crippen LogP contribution in [0, 0.1) is 11.6 Å². The lowest BCUT2D eigenvalue weighted by Gasteiger charge is -2.18. The summed E-state index contributed by atoms with van der Waals surface area (Å²) in [5, 5.41) is 25.3. The average Bonchev–Trinajstić information content (AvgIpc) is 3.95. The molecular formula is C49H57ClF2N6O6. The molecule has 0 aliphatic heterocycles. The van der Waals surface area contributed by atoms with E-state index in [-0.39, 0.29) is 73.9 Å². The summed E-state index contributed by atoms with van der Waals surface area (Å²) in [4.78, 5) is 23.5. The minimum Gasteiger partial charge on any atom is -0.508 e. The van der Waals surface area contributed by atoms with Crippen molar-refractivity contribution in [1.29, 1.82) is 0 Å². The number of esters is 2. The Kier molecular flexibility index (Phi) is 18.0. The fourth-order valence-corrected chi connectivity index (χ4v) is 8.18. The van der Waals surface area contributed by atoms with E-state index in [4.69, 9.17) is 25.8 Å². The zero-order valence-electron chi connectivity index (χ0n) is 36.0. The van der Waals surface area contributed by atoms with Crippen molar-refractivity contribution in [3.8, 4) is 11.5 Å². The molecule has 2 aromatic heterocycles. The minimum absolute atomic E-state index is 0. The van der Waals surface area contributed by atoms with Gasteiger partial charge in [-0.15, -0.1) is 32.0 Å². The first kappa shape index (κ1) is 48.9. The number of carbonyl (C=O) groups is 2. The van der Waals surface area contributed by atoms with E-state index in [0.717, 1.165) is 72.8 Å². The van der Waals surface area contributed by atoms with E-state index in [2.05, 4.69) is 20.4 Å². The molecule has 6 aromatic rings. The monoisotopic (exact) mass is 898 g/mol. The summed E-state index contributed by atoms with van der Waals surface area (Å²) < 4.78 is 47.5. The molecule has 2 heterocycles. The number of rotatable bonds is 12. The van der Waals surface area contributed by atoms with Crippen molar-refractivity contribution in [2.45, 2.75) is 96.0 Å². The Bertz CT molecular complexity index is 2460. The van der Waals surface area contributed by atoms with Crippen LogP contribution in [-0.4, -0.2) is 60.8 Å². The number of ether oxygens (including phenoxy) is 3. The van der Waals surface area contributed by atoms with E-state index in [1.54, 1.807) is 46.1 Å². The van der Waals surface area contributed by atoms with Crippen LogP contribution in [0.25, 0.3) is 0 Å². The van der Waals surface area contributed by atoms with E-state index in [9.17, 15) is 23.5 Å². The summed E-state index contributed by atoms with van der Waals surface area (Å²) in [5.74, 6) is 1.07. The highest BCUT2D eigenvalue weighted by molar-refractivity contribution is 6.17. The van der Waals surface area contributed by atoms with Gasteiger partial charge in [0.2, 0.25) is 0 Å². The molecule has 12 nitrogen and oxygen atoms in total. The first-order valence-electron chi connectivity index (χ1n) is 21.0. The summed E-state index contributed by atoms with van der Waals surface area (Å²) >= 11 is 5.63. The molecule has 0 spiro atoms. The van der Waals surface area contributed by atoms with Gasteiger partial charge in [0.05, 0.1) is 44.8 Å². The van der Waals surface area contributed by atoms with Crippen LogP contribution in [0.2, 0.25) is 0 Å². The Morgan fingerprint density at radius 3 is 1.55 bits per heavy atom. The molecule has 1 N–H and O–H groups in total. The Balaban J connectivity index is 0.000000198. The van der Waals surface area contributed by atoms with E-state index in [1.165, 1.54) is 26.2 Å². The molecular weight excluding hydrogens is 842 g/mol. The summed E-state index contributed by atoms with van der Waals surface area (Å²) in [6.07, 6.45) is 11.6. The number of halogens is 3. The number of phenols is 1. The number of hydrogen-bond donors (Lipinski definition) is 1. The molecule has 340 valence electrons. The molecule has 0 unspecified atom stereocenters. The third-order valence-electron chi connectivity index (χ3n) is 11.5. The highest BCUT2D eigenvalue weighted by atomic mass is 35.5. The van der Waals surface area contributed by atoms with Crippen LogP contribution in [0.15, 0.2) is 85.5 Å². The van der Waals surface area contributed by atoms with Crippen LogP contribution >= 0.6 is 11.6 Å². The van der Waals surface area contributed by atoms with Gasteiger partial charge in [0.25, 0.3) is 0 Å². The SMILES string of the molecule is C.COC(=O)C[C@@H](c1ccc(O)cc1)c1nncn1C.COC(=O)C[C@@H](c1ccc(OCc2ccc3c(c2F)CCCC3)cc1)c1nncn1C.Fc1c(CCl)ccc2c1CCCC2. The average molecular weight is 899 g/mol. The predicted octanol–water partition coefficient (Wildman–Crippen LogP) is 9.40. The number of aryl methyl sites for hydroxylation is 4. The number of methoxy groups -OCH3 is 2. The summed E-state index contributed by atoms with van der Waals surface area (Å²) in [5.41, 5.74) is 7.04. The van der Waals surface area contributed by atoms with E-state index in [0.29, 0.717) is 28.5 Å². The normalized spacial score (nSPS) is 13.5. The van der Waals surface area contributed by atoms with Crippen molar-refractivity contribution in [3.63, 3.8) is 0 Å². The molecule has 2 aliphatic carbocycles. The second-order valence-electron chi connectivity index (χ2n) is 15.6. The number of benzene rings is 4. The van der Waals surface area contributed by atoms with Crippen molar-refractivity contribution in [2.24, 2.45) is 14.1 Å². The summed E-state index contributed by atoms with van der Waals surface area (Å²) in [6, 6.07) is 21.8. The largest absolute Gasteiger partial charge is 0.508 e. The van der Waals surface area contributed by atoms with Crippen LogP contribution in [0.4, 0.5) is 8.78 Å². The Morgan fingerprint density at radius 2 is 1.11 bits per heavy atom. The lowest BCUT2D eigenvalue weighted by molar-refractivity contribution is -0.141. The second-order valence-corrected chi connectivity index (χ2v) is 15.9. The molecule has 0 radical (unpaired) electrons. The van der Waals surface area contributed by atoms with Crippen LogP contribution in [0.3, 0.4) is 0 Å². The van der Waals surface area contributed by atoms with Gasteiger partial charge in [-0.25, -0.2) is 8.78 Å². The molecule has 4 aromatic carbocycles. The van der Waals surface area contributed by atoms with Gasteiger partial charge in [-0.2, -0.15) is 0 Å². The highest BCUT2D eigenvalue weighted by Gasteiger charge is 2.25. The smallest absolute Gasteiger partial charge is 0.306 e. The topological polar surface area (TPSA) is 143 Å². The molecule has 0 saturated carbocycles. The number of phenolic OH excluding ortho intramolecular Hbond substituents is 1. The first-order valence-corrected chi connectivity index (χ1v) is 21.5. The Labute approximate surface area is 378 Å². The van der Waals surface area contributed by atoms with E-state index in [1.807, 2.05) is 62.6 Å².